The number of hydrazine groups is 2. The summed E-state index contributed by atoms with van der Waals surface area (Å²) in [6, 6.07) is 0. The minimum atomic E-state index is -0.201. The lowest BCUT2D eigenvalue weighted by molar-refractivity contribution is -0.123. The van der Waals surface area contributed by atoms with E-state index < -0.39 is 0 Å². The highest BCUT2D eigenvalue weighted by atomic mass is 127. The maximum absolute atomic E-state index is 10.9. The number of halogens is 1. The Morgan fingerprint density at radius 3 is 2.15 bits per heavy atom. The van der Waals surface area contributed by atoms with E-state index in [0.29, 0.717) is 25.7 Å². The number of carbonyl (C=O) groups is 2. The second-order valence-electron chi connectivity index (χ2n) is 2.42. The lowest BCUT2D eigenvalue weighted by Gasteiger charge is -2.01. The Labute approximate surface area is 90.4 Å². The largest absolute Gasteiger partial charge is 0.294 e. The molecular formula is C6H13IN4O2. The van der Waals surface area contributed by atoms with E-state index in [4.69, 9.17) is 5.84 Å². The van der Waals surface area contributed by atoms with Gasteiger partial charge in [-0.15, -0.1) is 0 Å². The molecule has 0 aliphatic rings. The van der Waals surface area contributed by atoms with E-state index in [-0.39, 0.29) is 11.8 Å². The molecule has 7 heteroatoms. The first-order chi connectivity index (χ1) is 6.20. The summed E-state index contributed by atoms with van der Waals surface area (Å²) in [4.78, 5) is 21.5. The number of hydrogen-bond acceptors (Lipinski definition) is 4. The fraction of sp³-hybridized carbons (Fsp3) is 0.667. The standard InChI is InChI=1S/C6H13IN4O2/c7-11-10-6(13)4-2-1-3-5(12)9-8/h11H,1-4,8H2,(H,9,12)(H,10,13). The minimum Gasteiger partial charge on any atom is -0.294 e. The molecule has 0 atom stereocenters. The van der Waals surface area contributed by atoms with Crippen LogP contribution in [0.1, 0.15) is 25.7 Å². The maximum Gasteiger partial charge on any atom is 0.234 e. The number of rotatable bonds is 6. The molecule has 0 heterocycles. The molecule has 13 heavy (non-hydrogen) atoms. The minimum absolute atomic E-state index is 0.0810. The molecule has 0 aliphatic heterocycles. The van der Waals surface area contributed by atoms with Crippen LogP contribution < -0.4 is 20.3 Å². The van der Waals surface area contributed by atoms with E-state index in [9.17, 15) is 9.59 Å². The lowest BCUT2D eigenvalue weighted by atomic mass is 10.2. The first-order valence-corrected chi connectivity index (χ1v) is 4.92. The van der Waals surface area contributed by atoms with Gasteiger partial charge in [0.05, 0.1) is 0 Å². The van der Waals surface area contributed by atoms with Gasteiger partial charge in [0, 0.05) is 35.7 Å². The molecule has 0 bridgehead atoms. The summed E-state index contributed by atoms with van der Waals surface area (Å²) in [5.41, 5.74) is 4.45. The quantitative estimate of drug-likeness (QED) is 0.133. The molecule has 0 fully saturated rings. The van der Waals surface area contributed by atoms with Gasteiger partial charge >= 0.3 is 0 Å². The van der Waals surface area contributed by atoms with E-state index in [1.165, 1.54) is 0 Å². The molecule has 5 N–H and O–H groups in total. The van der Waals surface area contributed by atoms with E-state index in [2.05, 4.69) is 9.06 Å². The van der Waals surface area contributed by atoms with Crippen molar-refractivity contribution in [3.8, 4) is 0 Å². The second-order valence-corrected chi connectivity index (χ2v) is 2.96. The van der Waals surface area contributed by atoms with Crippen LogP contribution >= 0.6 is 22.9 Å². The molecule has 0 aromatic heterocycles. The molecule has 2 amide bonds. The van der Waals surface area contributed by atoms with Crippen LogP contribution in [0.2, 0.25) is 0 Å². The first-order valence-electron chi connectivity index (χ1n) is 3.84. The Bertz CT molecular complexity index is 176. The van der Waals surface area contributed by atoms with E-state index in [1.807, 2.05) is 28.3 Å². The molecule has 0 spiro atoms. The van der Waals surface area contributed by atoms with Gasteiger partial charge in [0.25, 0.3) is 0 Å². The predicted molar refractivity (Wildman–Crippen MR) is 56.1 cm³/mol. The van der Waals surface area contributed by atoms with Crippen molar-refractivity contribution < 1.29 is 9.59 Å². The van der Waals surface area contributed by atoms with Gasteiger partial charge in [0.2, 0.25) is 11.8 Å². The van der Waals surface area contributed by atoms with Crippen LogP contribution in [0.5, 0.6) is 0 Å². The Balaban J connectivity index is 3.25. The summed E-state index contributed by atoms with van der Waals surface area (Å²) < 4.78 is 2.50. The molecule has 0 radical (unpaired) electrons. The molecule has 0 unspecified atom stereocenters. The van der Waals surface area contributed by atoms with Gasteiger partial charge in [-0.3, -0.25) is 20.4 Å². The number of unbranched alkanes of at least 4 members (excludes halogenated alkanes) is 1. The maximum atomic E-state index is 10.9. The third-order valence-electron chi connectivity index (χ3n) is 1.41. The van der Waals surface area contributed by atoms with Crippen molar-refractivity contribution in [1.29, 1.82) is 0 Å². The van der Waals surface area contributed by atoms with Gasteiger partial charge < -0.3 is 0 Å². The fourth-order valence-electron chi connectivity index (χ4n) is 0.758. The molecular weight excluding hydrogens is 287 g/mol. The third kappa shape index (κ3) is 7.94. The van der Waals surface area contributed by atoms with Crippen LogP contribution in [0.25, 0.3) is 0 Å². The van der Waals surface area contributed by atoms with Crippen molar-refractivity contribution in [2.45, 2.75) is 25.7 Å². The molecule has 6 nitrogen and oxygen atoms in total. The van der Waals surface area contributed by atoms with Crippen molar-refractivity contribution >= 4 is 34.7 Å². The number of nitrogens with two attached hydrogens (primary N) is 1. The first kappa shape index (κ1) is 12.6. The molecule has 0 saturated carbocycles. The molecule has 0 saturated heterocycles. The van der Waals surface area contributed by atoms with E-state index in [1.54, 1.807) is 0 Å². The van der Waals surface area contributed by atoms with Crippen molar-refractivity contribution in [3.05, 3.63) is 0 Å². The molecule has 0 aromatic rings. The Kier molecular flexibility index (Phi) is 7.94. The van der Waals surface area contributed by atoms with Crippen molar-refractivity contribution in [3.63, 3.8) is 0 Å². The molecule has 0 aromatic carbocycles. The molecule has 0 aliphatic carbocycles. The lowest BCUT2D eigenvalue weighted by Crippen LogP contribution is -2.30. The normalized spacial score (nSPS) is 9.38. The average molecular weight is 300 g/mol. The van der Waals surface area contributed by atoms with Crippen molar-refractivity contribution in [1.82, 2.24) is 14.5 Å². The molecule has 0 rings (SSSR count). The zero-order valence-corrected chi connectivity index (χ0v) is 9.26. The van der Waals surface area contributed by atoms with Crippen LogP contribution in [-0.4, -0.2) is 11.8 Å². The van der Waals surface area contributed by atoms with Crippen LogP contribution in [-0.2, 0) is 9.59 Å². The number of carbonyl (C=O) groups excluding carboxylic acids is 2. The van der Waals surface area contributed by atoms with Crippen LogP contribution in [0.15, 0.2) is 0 Å². The highest BCUT2D eigenvalue weighted by Gasteiger charge is 2.01. The fourth-order valence-corrected chi connectivity index (χ4v) is 1.06. The summed E-state index contributed by atoms with van der Waals surface area (Å²) >= 11 is 1.82. The smallest absolute Gasteiger partial charge is 0.234 e. The summed E-state index contributed by atoms with van der Waals surface area (Å²) in [7, 11) is 0. The highest BCUT2D eigenvalue weighted by molar-refractivity contribution is 14.1. The predicted octanol–water partition coefficient (Wildman–Crippen LogP) is -0.493. The topological polar surface area (TPSA) is 96.2 Å². The highest BCUT2D eigenvalue weighted by Crippen LogP contribution is 1.98. The average Bonchev–Trinajstić information content (AvgIpc) is 2.12. The number of amides is 2. The van der Waals surface area contributed by atoms with Crippen LogP contribution in [0.3, 0.4) is 0 Å². The van der Waals surface area contributed by atoms with Gasteiger partial charge in [0.1, 0.15) is 0 Å². The SMILES string of the molecule is NNC(=O)CCCCC(=O)NNI. The zero-order valence-electron chi connectivity index (χ0n) is 7.10. The Morgan fingerprint density at radius 1 is 1.15 bits per heavy atom. The monoisotopic (exact) mass is 300 g/mol. The van der Waals surface area contributed by atoms with Crippen LogP contribution in [0.4, 0.5) is 0 Å². The Hall–Kier alpha value is -0.410. The summed E-state index contributed by atoms with van der Waals surface area (Å²) in [6.45, 7) is 0. The third-order valence-corrected chi connectivity index (χ3v) is 1.68. The van der Waals surface area contributed by atoms with E-state index >= 15 is 0 Å². The van der Waals surface area contributed by atoms with Gasteiger partial charge in [0.15, 0.2) is 0 Å². The van der Waals surface area contributed by atoms with Gasteiger partial charge in [-0.05, 0) is 12.8 Å². The summed E-state index contributed by atoms with van der Waals surface area (Å²) in [5, 5.41) is 0. The van der Waals surface area contributed by atoms with E-state index in [0.717, 1.165) is 0 Å². The second kappa shape index (κ2) is 8.20. The summed E-state index contributed by atoms with van der Waals surface area (Å²) in [6.07, 6.45) is 2.12. The summed E-state index contributed by atoms with van der Waals surface area (Å²) in [5.74, 6) is 4.59. The van der Waals surface area contributed by atoms with Crippen molar-refractivity contribution in [2.24, 2.45) is 5.84 Å². The number of nitrogens with one attached hydrogen (secondary N) is 3. The van der Waals surface area contributed by atoms with Gasteiger partial charge in [-0.1, -0.05) is 0 Å². The van der Waals surface area contributed by atoms with Crippen molar-refractivity contribution in [2.75, 3.05) is 0 Å². The van der Waals surface area contributed by atoms with Crippen LogP contribution in [0, 0.1) is 0 Å². The molecule has 76 valence electrons. The van der Waals surface area contributed by atoms with Gasteiger partial charge in [-0.2, -0.15) is 3.64 Å². The van der Waals surface area contributed by atoms with Gasteiger partial charge in [-0.25, -0.2) is 5.84 Å². The zero-order chi connectivity index (χ0) is 10.1. The number of hydrogen-bond donors (Lipinski definition) is 4. The Morgan fingerprint density at radius 2 is 1.69 bits per heavy atom.